The Balaban J connectivity index is 1.56. The lowest BCUT2D eigenvalue weighted by molar-refractivity contribution is 0.0199. The minimum atomic E-state index is -0.540. The summed E-state index contributed by atoms with van der Waals surface area (Å²) in [5, 5.41) is 4.17. The molecule has 3 aromatic rings. The van der Waals surface area contributed by atoms with Crippen LogP contribution in [0.2, 0.25) is 0 Å². The number of ether oxygens (including phenoxy) is 1. The largest absolute Gasteiger partial charge is 0.444 e. The second kappa shape index (κ2) is 7.70. The van der Waals surface area contributed by atoms with Crippen LogP contribution in [0.25, 0.3) is 22.5 Å². The minimum absolute atomic E-state index is 0.247. The van der Waals surface area contributed by atoms with Crippen LogP contribution >= 0.6 is 0 Å². The van der Waals surface area contributed by atoms with Gasteiger partial charge in [-0.2, -0.15) is 4.98 Å². The predicted molar refractivity (Wildman–Crippen MR) is 110 cm³/mol. The molecule has 29 heavy (non-hydrogen) atoms. The second-order valence-corrected chi connectivity index (χ2v) is 8.23. The fraction of sp³-hybridized carbons (Fsp3) is 0.348. The third-order valence-electron chi connectivity index (χ3n) is 4.84. The van der Waals surface area contributed by atoms with Crippen molar-refractivity contribution < 1.29 is 14.1 Å². The number of hydrogen-bond acceptors (Lipinski definition) is 5. The summed E-state index contributed by atoms with van der Waals surface area (Å²) in [4.78, 5) is 18.8. The van der Waals surface area contributed by atoms with Crippen molar-refractivity contribution >= 4 is 6.09 Å². The summed E-state index contributed by atoms with van der Waals surface area (Å²) in [7, 11) is 0. The van der Waals surface area contributed by atoms with Crippen LogP contribution in [0.3, 0.4) is 0 Å². The van der Waals surface area contributed by atoms with Crippen molar-refractivity contribution in [1.29, 1.82) is 0 Å². The zero-order valence-corrected chi connectivity index (χ0v) is 17.0. The molecule has 1 saturated heterocycles. The van der Waals surface area contributed by atoms with Gasteiger partial charge in [0.15, 0.2) is 0 Å². The van der Waals surface area contributed by atoms with Crippen LogP contribution in [0.15, 0.2) is 59.1 Å². The standard InChI is InChI=1S/C23H25N3O3/c1-23(2,3)28-22(27)26-14-8-13-19(26)21-24-20(25-29-21)18-12-7-11-17(15-18)16-9-5-4-6-10-16/h4-7,9-12,15,19H,8,13-14H2,1-3H3. The summed E-state index contributed by atoms with van der Waals surface area (Å²) < 4.78 is 11.1. The number of nitrogens with zero attached hydrogens (tertiary/aromatic N) is 3. The van der Waals surface area contributed by atoms with Gasteiger partial charge in [0.05, 0.1) is 0 Å². The van der Waals surface area contributed by atoms with Crippen LogP contribution in [0.1, 0.15) is 45.5 Å². The van der Waals surface area contributed by atoms with Crippen molar-refractivity contribution in [2.45, 2.75) is 45.3 Å². The molecule has 2 heterocycles. The van der Waals surface area contributed by atoms with E-state index in [9.17, 15) is 4.79 Å². The van der Waals surface area contributed by atoms with E-state index in [1.807, 2.05) is 57.2 Å². The van der Waals surface area contributed by atoms with Gasteiger partial charge in [0.2, 0.25) is 11.7 Å². The molecule has 1 atom stereocenters. The molecule has 0 radical (unpaired) electrons. The van der Waals surface area contributed by atoms with Crippen molar-refractivity contribution in [2.24, 2.45) is 0 Å². The van der Waals surface area contributed by atoms with Gasteiger partial charge < -0.3 is 9.26 Å². The zero-order valence-electron chi connectivity index (χ0n) is 17.0. The van der Waals surface area contributed by atoms with Gasteiger partial charge >= 0.3 is 6.09 Å². The number of aromatic nitrogens is 2. The third kappa shape index (κ3) is 4.31. The molecular formula is C23H25N3O3. The van der Waals surface area contributed by atoms with Gasteiger partial charge in [0.1, 0.15) is 11.6 Å². The Morgan fingerprint density at radius 2 is 1.79 bits per heavy atom. The van der Waals surface area contributed by atoms with Crippen molar-refractivity contribution in [3.05, 3.63) is 60.5 Å². The lowest BCUT2D eigenvalue weighted by Gasteiger charge is -2.26. The second-order valence-electron chi connectivity index (χ2n) is 8.23. The molecule has 6 nitrogen and oxygen atoms in total. The molecule has 6 heteroatoms. The van der Waals surface area contributed by atoms with Crippen LogP contribution < -0.4 is 0 Å². The summed E-state index contributed by atoms with van der Waals surface area (Å²) in [5.41, 5.74) is 2.56. The first-order chi connectivity index (χ1) is 13.9. The van der Waals surface area contributed by atoms with Gasteiger partial charge in [-0.3, -0.25) is 4.90 Å². The van der Waals surface area contributed by atoms with E-state index < -0.39 is 5.60 Å². The summed E-state index contributed by atoms with van der Waals surface area (Å²) in [6.07, 6.45) is 1.32. The van der Waals surface area contributed by atoms with E-state index in [1.165, 1.54) is 0 Å². The lowest BCUT2D eigenvalue weighted by atomic mass is 10.0. The van der Waals surface area contributed by atoms with Crippen molar-refractivity contribution in [1.82, 2.24) is 15.0 Å². The average molecular weight is 391 g/mol. The molecule has 1 aliphatic heterocycles. The van der Waals surface area contributed by atoms with Gasteiger partial charge in [-0.05, 0) is 50.8 Å². The first-order valence-electron chi connectivity index (χ1n) is 9.90. The molecule has 1 aliphatic rings. The topological polar surface area (TPSA) is 68.5 Å². The Hall–Kier alpha value is -3.15. The molecule has 0 spiro atoms. The van der Waals surface area contributed by atoms with Crippen molar-refractivity contribution in [2.75, 3.05) is 6.54 Å². The highest BCUT2D eigenvalue weighted by Gasteiger charge is 2.36. The van der Waals surface area contributed by atoms with Crippen LogP contribution in [0.4, 0.5) is 4.79 Å². The molecule has 0 N–H and O–H groups in total. The number of rotatable bonds is 3. The monoisotopic (exact) mass is 391 g/mol. The van der Waals surface area contributed by atoms with E-state index >= 15 is 0 Å². The smallest absolute Gasteiger partial charge is 0.410 e. The van der Waals surface area contributed by atoms with Crippen molar-refractivity contribution in [3.8, 4) is 22.5 Å². The summed E-state index contributed by atoms with van der Waals surface area (Å²) >= 11 is 0. The SMILES string of the molecule is CC(C)(C)OC(=O)N1CCCC1c1nc(-c2cccc(-c3ccccc3)c2)no1. The maximum Gasteiger partial charge on any atom is 0.410 e. The molecular weight excluding hydrogens is 366 g/mol. The maximum atomic E-state index is 12.5. The summed E-state index contributed by atoms with van der Waals surface area (Å²) in [6.45, 7) is 6.21. The molecule has 0 saturated carbocycles. The third-order valence-corrected chi connectivity index (χ3v) is 4.84. The summed E-state index contributed by atoms with van der Waals surface area (Å²) in [5.74, 6) is 0.974. The van der Waals surface area contributed by atoms with Gasteiger partial charge in [-0.15, -0.1) is 0 Å². The van der Waals surface area contributed by atoms with E-state index in [0.717, 1.165) is 29.5 Å². The fourth-order valence-corrected chi connectivity index (χ4v) is 3.52. The van der Waals surface area contributed by atoms with Gasteiger partial charge in [-0.25, -0.2) is 4.79 Å². The van der Waals surface area contributed by atoms with Gasteiger partial charge in [-0.1, -0.05) is 53.7 Å². The number of amides is 1. The minimum Gasteiger partial charge on any atom is -0.444 e. The first kappa shape index (κ1) is 19.2. The van der Waals surface area contributed by atoms with Crippen molar-refractivity contribution in [3.63, 3.8) is 0 Å². The van der Waals surface area contributed by atoms with E-state index in [4.69, 9.17) is 9.26 Å². The molecule has 2 aromatic carbocycles. The first-order valence-corrected chi connectivity index (χ1v) is 9.90. The average Bonchev–Trinajstić information content (AvgIpc) is 3.37. The Morgan fingerprint density at radius 3 is 2.55 bits per heavy atom. The van der Waals surface area contributed by atoms with Crippen LogP contribution in [-0.4, -0.2) is 33.3 Å². The van der Waals surface area contributed by atoms with E-state index in [1.54, 1.807) is 4.90 Å². The van der Waals surface area contributed by atoms with Crippen LogP contribution in [-0.2, 0) is 4.74 Å². The molecule has 0 aliphatic carbocycles. The number of likely N-dealkylation sites (tertiary alicyclic amines) is 1. The molecule has 4 rings (SSSR count). The van der Waals surface area contributed by atoms with Crippen LogP contribution in [0.5, 0.6) is 0 Å². The Kier molecular flexibility index (Phi) is 5.09. The van der Waals surface area contributed by atoms with E-state index in [-0.39, 0.29) is 12.1 Å². The number of benzene rings is 2. The fourth-order valence-electron chi connectivity index (χ4n) is 3.52. The zero-order chi connectivity index (χ0) is 20.4. The molecule has 0 bridgehead atoms. The quantitative estimate of drug-likeness (QED) is 0.592. The predicted octanol–water partition coefficient (Wildman–Crippen LogP) is 5.48. The lowest BCUT2D eigenvalue weighted by Crippen LogP contribution is -2.36. The normalized spacial score (nSPS) is 16.8. The molecule has 1 amide bonds. The van der Waals surface area contributed by atoms with Gasteiger partial charge in [0.25, 0.3) is 0 Å². The number of carbonyl (C=O) groups excluding carboxylic acids is 1. The molecule has 150 valence electrons. The maximum absolute atomic E-state index is 12.5. The Labute approximate surface area is 170 Å². The highest BCUT2D eigenvalue weighted by Crippen LogP contribution is 2.33. The highest BCUT2D eigenvalue weighted by atomic mass is 16.6. The number of hydrogen-bond donors (Lipinski definition) is 0. The molecule has 1 aromatic heterocycles. The summed E-state index contributed by atoms with van der Waals surface area (Å²) in [6, 6.07) is 18.0. The Bertz CT molecular complexity index is 992. The molecule has 1 fully saturated rings. The van der Waals surface area contributed by atoms with Gasteiger partial charge in [0, 0.05) is 12.1 Å². The van der Waals surface area contributed by atoms with Crippen LogP contribution in [0, 0.1) is 0 Å². The Morgan fingerprint density at radius 1 is 1.07 bits per heavy atom. The number of carbonyl (C=O) groups is 1. The van der Waals surface area contributed by atoms with E-state index in [0.29, 0.717) is 18.3 Å². The molecule has 1 unspecified atom stereocenters. The van der Waals surface area contributed by atoms with E-state index in [2.05, 4.69) is 28.3 Å². The highest BCUT2D eigenvalue weighted by molar-refractivity contribution is 5.70.